The third kappa shape index (κ3) is 5.50. The van der Waals surface area contributed by atoms with Gasteiger partial charge in [-0.25, -0.2) is 0 Å². The van der Waals surface area contributed by atoms with Crippen LogP contribution in [0.4, 0.5) is 17.1 Å². The van der Waals surface area contributed by atoms with Crippen LogP contribution in [-0.2, 0) is 0 Å². The summed E-state index contributed by atoms with van der Waals surface area (Å²) in [6.07, 6.45) is 0. The lowest BCUT2D eigenvalue weighted by atomic mass is 10.0. The molecule has 0 saturated heterocycles. The number of aryl methyl sites for hydroxylation is 1. The van der Waals surface area contributed by atoms with Crippen molar-refractivity contribution in [3.8, 4) is 22.5 Å². The maximum Gasteiger partial charge on any atom is 0.159 e. The number of hydrogen-bond donors (Lipinski definition) is 0. The van der Waals surface area contributed by atoms with Crippen molar-refractivity contribution in [2.45, 2.75) is 13.8 Å². The lowest BCUT2D eigenvalue weighted by Gasteiger charge is -2.26. The first-order valence-corrected chi connectivity index (χ1v) is 18.7. The Morgan fingerprint density at radius 1 is 0.418 bits per heavy atom. The smallest absolute Gasteiger partial charge is 0.159 e. The van der Waals surface area contributed by atoms with Crippen LogP contribution in [-0.4, -0.2) is 14.9 Å². The summed E-state index contributed by atoms with van der Waals surface area (Å²) >= 11 is 0. The minimum atomic E-state index is 0.0632. The summed E-state index contributed by atoms with van der Waals surface area (Å²) in [5, 5.41) is 4.75. The van der Waals surface area contributed by atoms with E-state index in [0.717, 1.165) is 44.9 Å². The van der Waals surface area contributed by atoms with Crippen LogP contribution in [0.2, 0.25) is 0 Å². The second-order valence-corrected chi connectivity index (χ2v) is 14.3. The number of carbonyl (C=O) groups is 1. The zero-order chi connectivity index (χ0) is 37.0. The van der Waals surface area contributed by atoms with Gasteiger partial charge >= 0.3 is 0 Å². The fourth-order valence-electron chi connectivity index (χ4n) is 8.18. The van der Waals surface area contributed by atoms with Gasteiger partial charge in [-0.15, -0.1) is 0 Å². The molecule has 8 aromatic carbocycles. The molecule has 0 bridgehead atoms. The molecule has 0 saturated carbocycles. The predicted molar refractivity (Wildman–Crippen MR) is 230 cm³/mol. The van der Waals surface area contributed by atoms with E-state index in [1.807, 2.05) is 24.3 Å². The quantitative estimate of drug-likeness (QED) is 0.154. The Kier molecular flexibility index (Phi) is 7.70. The summed E-state index contributed by atoms with van der Waals surface area (Å²) in [7, 11) is 0. The number of hydrogen-bond acceptors (Lipinski definition) is 2. The van der Waals surface area contributed by atoms with Gasteiger partial charge in [0, 0.05) is 55.5 Å². The van der Waals surface area contributed by atoms with Crippen molar-refractivity contribution in [1.29, 1.82) is 0 Å². The monoisotopic (exact) mass is 707 g/mol. The third-order valence-corrected chi connectivity index (χ3v) is 10.9. The topological polar surface area (TPSA) is 30.2 Å². The molecule has 2 heterocycles. The molecule has 10 rings (SSSR count). The van der Waals surface area contributed by atoms with Crippen molar-refractivity contribution in [1.82, 2.24) is 9.13 Å². The molecule has 262 valence electrons. The molecular formula is C51H37N3O. The molecule has 0 aliphatic carbocycles. The average molecular weight is 708 g/mol. The van der Waals surface area contributed by atoms with Gasteiger partial charge in [-0.3, -0.25) is 4.79 Å². The van der Waals surface area contributed by atoms with Gasteiger partial charge in [-0.2, -0.15) is 0 Å². The van der Waals surface area contributed by atoms with Crippen LogP contribution in [0.1, 0.15) is 22.8 Å². The Labute approximate surface area is 319 Å². The molecule has 4 heteroatoms. The molecule has 0 amide bonds. The zero-order valence-electron chi connectivity index (χ0n) is 30.6. The summed E-state index contributed by atoms with van der Waals surface area (Å²) in [5.74, 6) is 0.0632. The van der Waals surface area contributed by atoms with Gasteiger partial charge in [-0.05, 0) is 122 Å². The molecule has 0 spiro atoms. The van der Waals surface area contributed by atoms with Crippen molar-refractivity contribution in [2.75, 3.05) is 4.90 Å². The van der Waals surface area contributed by atoms with E-state index in [4.69, 9.17) is 0 Å². The van der Waals surface area contributed by atoms with E-state index in [0.29, 0.717) is 5.56 Å². The second kappa shape index (κ2) is 13.0. The van der Waals surface area contributed by atoms with Crippen LogP contribution < -0.4 is 4.90 Å². The molecule has 0 fully saturated rings. The molecule has 0 aliphatic rings. The van der Waals surface area contributed by atoms with Crippen molar-refractivity contribution >= 4 is 66.5 Å². The molecule has 4 nitrogen and oxygen atoms in total. The van der Waals surface area contributed by atoms with E-state index in [9.17, 15) is 4.79 Å². The van der Waals surface area contributed by atoms with Crippen molar-refractivity contribution < 1.29 is 4.79 Å². The number of aromatic nitrogens is 2. The van der Waals surface area contributed by atoms with Crippen LogP contribution >= 0.6 is 0 Å². The van der Waals surface area contributed by atoms with Crippen LogP contribution in [0, 0.1) is 6.92 Å². The predicted octanol–water partition coefficient (Wildman–Crippen LogP) is 13.5. The minimum absolute atomic E-state index is 0.0632. The summed E-state index contributed by atoms with van der Waals surface area (Å²) in [6, 6.07) is 67.0. The molecule has 0 aliphatic heterocycles. The van der Waals surface area contributed by atoms with E-state index in [-0.39, 0.29) is 5.78 Å². The first kappa shape index (κ1) is 32.5. The molecule has 2 aromatic heterocycles. The fraction of sp³-hybridized carbons (Fsp3) is 0.0392. The highest BCUT2D eigenvalue weighted by Gasteiger charge is 2.20. The minimum Gasteiger partial charge on any atom is -0.310 e. The Morgan fingerprint density at radius 3 is 1.38 bits per heavy atom. The van der Waals surface area contributed by atoms with Gasteiger partial charge in [0.1, 0.15) is 0 Å². The Morgan fingerprint density at radius 2 is 0.855 bits per heavy atom. The Hall–Kier alpha value is -7.17. The summed E-state index contributed by atoms with van der Waals surface area (Å²) in [4.78, 5) is 14.5. The Balaban J connectivity index is 1.18. The van der Waals surface area contributed by atoms with Crippen LogP contribution in [0.15, 0.2) is 188 Å². The normalized spacial score (nSPS) is 11.5. The van der Waals surface area contributed by atoms with Gasteiger partial charge in [0.25, 0.3) is 0 Å². The number of carbonyl (C=O) groups excluding carboxylic acids is 1. The summed E-state index contributed by atoms with van der Waals surface area (Å²) in [6.45, 7) is 3.74. The lowest BCUT2D eigenvalue weighted by molar-refractivity contribution is 0.101. The third-order valence-electron chi connectivity index (χ3n) is 10.9. The second-order valence-electron chi connectivity index (χ2n) is 14.3. The highest BCUT2D eigenvalue weighted by Crippen LogP contribution is 2.42. The van der Waals surface area contributed by atoms with Crippen molar-refractivity contribution in [2.24, 2.45) is 0 Å². The molecule has 0 atom stereocenters. The number of rotatable bonds is 7. The van der Waals surface area contributed by atoms with E-state index in [1.54, 1.807) is 6.92 Å². The zero-order valence-corrected chi connectivity index (χ0v) is 30.6. The first-order valence-electron chi connectivity index (χ1n) is 18.7. The number of nitrogens with zero attached hydrogens (tertiary/aromatic N) is 3. The van der Waals surface area contributed by atoms with Crippen LogP contribution in [0.3, 0.4) is 0 Å². The molecule has 0 radical (unpaired) electrons. The number of benzene rings is 8. The molecular weight excluding hydrogens is 671 g/mol. The molecule has 0 N–H and O–H groups in total. The van der Waals surface area contributed by atoms with Gasteiger partial charge in [0.05, 0.1) is 22.1 Å². The number of fused-ring (bicyclic) bond motifs is 6. The standard InChI is InChI=1S/C51H37N3O/c1-34-16-22-40(23-17-34)53-48-14-8-6-12-44(48)46-32-42(28-30-50(46)53)52(39-26-20-38(21-27-39)37-10-4-3-5-11-37)43-29-31-51-47(33-43)45-13-7-9-15-49(45)54(51)41-24-18-36(19-25-41)35(2)55/h3-33H,1-2H3. The average Bonchev–Trinajstić information content (AvgIpc) is 3.74. The molecule has 0 unspecified atom stereocenters. The van der Waals surface area contributed by atoms with E-state index >= 15 is 0 Å². The van der Waals surface area contributed by atoms with Gasteiger partial charge in [0.15, 0.2) is 5.78 Å². The SMILES string of the molecule is CC(=O)c1ccc(-n2c3ccccc3c3cc(N(c4ccc(-c5ccccc5)cc4)c4ccc5c(c4)c4ccccc4n5-c4ccc(C)cc4)ccc32)cc1. The summed E-state index contributed by atoms with van der Waals surface area (Å²) < 4.78 is 4.67. The van der Waals surface area contributed by atoms with Gasteiger partial charge in [-0.1, -0.05) is 96.6 Å². The van der Waals surface area contributed by atoms with Crippen LogP contribution in [0.5, 0.6) is 0 Å². The highest BCUT2D eigenvalue weighted by atomic mass is 16.1. The van der Waals surface area contributed by atoms with Crippen LogP contribution in [0.25, 0.3) is 66.1 Å². The maximum atomic E-state index is 12.1. The number of anilines is 3. The lowest BCUT2D eigenvalue weighted by Crippen LogP contribution is -2.10. The molecule has 10 aromatic rings. The largest absolute Gasteiger partial charge is 0.310 e. The number of Topliss-reactive ketones (excluding diaryl/α,β-unsaturated/α-hetero) is 1. The maximum absolute atomic E-state index is 12.1. The van der Waals surface area contributed by atoms with Crippen molar-refractivity contribution in [3.05, 3.63) is 199 Å². The van der Waals surface area contributed by atoms with E-state index in [1.165, 1.54) is 43.9 Å². The van der Waals surface area contributed by atoms with Crippen molar-refractivity contribution in [3.63, 3.8) is 0 Å². The van der Waals surface area contributed by atoms with E-state index in [2.05, 4.69) is 185 Å². The fourth-order valence-corrected chi connectivity index (χ4v) is 8.18. The first-order chi connectivity index (χ1) is 27.0. The summed E-state index contributed by atoms with van der Waals surface area (Å²) in [5.41, 5.74) is 14.3. The molecule has 55 heavy (non-hydrogen) atoms. The number of ketones is 1. The highest BCUT2D eigenvalue weighted by molar-refractivity contribution is 6.12. The number of para-hydroxylation sites is 2. The van der Waals surface area contributed by atoms with Gasteiger partial charge in [0.2, 0.25) is 0 Å². The van der Waals surface area contributed by atoms with E-state index < -0.39 is 0 Å². The Bertz CT molecular complexity index is 3040. The van der Waals surface area contributed by atoms with Gasteiger partial charge < -0.3 is 14.0 Å².